The lowest BCUT2D eigenvalue weighted by Gasteiger charge is -2.22. The molecule has 0 heterocycles. The topological polar surface area (TPSA) is 95.9 Å². The SMILES string of the molecule is CCCCCCCCC/C=C\CCCCCCCC(=O)OCCCCCCCCCCCCCCCCCCCCCCCCCC(=O)NC(CO)C(O)CCCCCCCCCCCCCCC. The van der Waals surface area contributed by atoms with E-state index in [1.165, 1.54) is 276 Å². The summed E-state index contributed by atoms with van der Waals surface area (Å²) in [7, 11) is 0. The number of aliphatic hydroxyl groups is 2. The summed E-state index contributed by atoms with van der Waals surface area (Å²) >= 11 is 0. The number of hydrogen-bond acceptors (Lipinski definition) is 5. The fourth-order valence-electron chi connectivity index (χ4n) is 9.99. The molecule has 0 aliphatic heterocycles. The van der Waals surface area contributed by atoms with Crippen molar-refractivity contribution in [3.8, 4) is 0 Å². The van der Waals surface area contributed by atoms with Gasteiger partial charge in [0.05, 0.1) is 25.4 Å². The fourth-order valence-corrected chi connectivity index (χ4v) is 9.99. The molecule has 0 aromatic rings. The summed E-state index contributed by atoms with van der Waals surface area (Å²) < 4.78 is 5.49. The number of amides is 1. The van der Waals surface area contributed by atoms with Crippen LogP contribution in [0.25, 0.3) is 0 Å². The Kier molecular flexibility index (Phi) is 58.0. The molecule has 0 aliphatic carbocycles. The second-order valence-corrected chi connectivity index (χ2v) is 21.7. The molecule has 2 unspecified atom stereocenters. The van der Waals surface area contributed by atoms with Gasteiger partial charge >= 0.3 is 5.97 Å². The van der Waals surface area contributed by atoms with Crippen molar-refractivity contribution in [2.45, 2.75) is 366 Å². The number of esters is 1. The minimum Gasteiger partial charge on any atom is -0.466 e. The van der Waals surface area contributed by atoms with E-state index in [9.17, 15) is 19.8 Å². The Morgan fingerprint density at radius 1 is 0.391 bits per heavy atom. The fraction of sp³-hybridized carbons (Fsp3) is 0.937. The van der Waals surface area contributed by atoms with Crippen molar-refractivity contribution in [1.82, 2.24) is 5.32 Å². The Morgan fingerprint density at radius 2 is 0.681 bits per heavy atom. The average Bonchev–Trinajstić information content (AvgIpc) is 3.35. The molecule has 6 nitrogen and oxygen atoms in total. The van der Waals surface area contributed by atoms with Crippen molar-refractivity contribution in [2.24, 2.45) is 0 Å². The van der Waals surface area contributed by atoms with Crippen molar-refractivity contribution in [3.05, 3.63) is 12.2 Å². The van der Waals surface area contributed by atoms with Crippen LogP contribution < -0.4 is 5.32 Å². The summed E-state index contributed by atoms with van der Waals surface area (Å²) in [5.41, 5.74) is 0. The van der Waals surface area contributed by atoms with Gasteiger partial charge in [-0.3, -0.25) is 9.59 Å². The summed E-state index contributed by atoms with van der Waals surface area (Å²) in [6.07, 6.45) is 70.8. The van der Waals surface area contributed by atoms with Crippen molar-refractivity contribution >= 4 is 11.9 Å². The maximum Gasteiger partial charge on any atom is 0.305 e. The van der Waals surface area contributed by atoms with E-state index in [2.05, 4.69) is 31.3 Å². The van der Waals surface area contributed by atoms with E-state index in [-0.39, 0.29) is 18.5 Å². The van der Waals surface area contributed by atoms with Gasteiger partial charge < -0.3 is 20.3 Å². The van der Waals surface area contributed by atoms with Gasteiger partial charge in [-0.05, 0) is 51.4 Å². The highest BCUT2D eigenvalue weighted by Crippen LogP contribution is 2.18. The van der Waals surface area contributed by atoms with E-state index in [0.717, 1.165) is 44.9 Å². The Balaban J connectivity index is 3.35. The minimum absolute atomic E-state index is 0.00771. The van der Waals surface area contributed by atoms with Gasteiger partial charge in [0, 0.05) is 12.8 Å². The predicted octanol–water partition coefficient (Wildman–Crippen LogP) is 19.6. The van der Waals surface area contributed by atoms with Crippen molar-refractivity contribution in [2.75, 3.05) is 13.2 Å². The molecule has 0 saturated heterocycles. The molecule has 0 bridgehead atoms. The van der Waals surface area contributed by atoms with Gasteiger partial charge in [-0.1, -0.05) is 302 Å². The highest BCUT2D eigenvalue weighted by molar-refractivity contribution is 5.76. The lowest BCUT2D eigenvalue weighted by atomic mass is 10.0. The number of aliphatic hydroxyl groups excluding tert-OH is 2. The lowest BCUT2D eigenvalue weighted by Crippen LogP contribution is -2.45. The molecule has 3 N–H and O–H groups in total. The Hall–Kier alpha value is -1.40. The first kappa shape index (κ1) is 67.6. The van der Waals surface area contributed by atoms with Crippen LogP contribution in [0.1, 0.15) is 354 Å². The molecule has 0 radical (unpaired) electrons. The molecule has 0 aliphatic rings. The largest absolute Gasteiger partial charge is 0.466 e. The van der Waals surface area contributed by atoms with Crippen LogP contribution >= 0.6 is 0 Å². The van der Waals surface area contributed by atoms with Crippen molar-refractivity contribution in [1.29, 1.82) is 0 Å². The Bertz CT molecular complexity index is 1030. The zero-order valence-electron chi connectivity index (χ0n) is 46.8. The number of allylic oxidation sites excluding steroid dienone is 2. The van der Waals surface area contributed by atoms with Gasteiger partial charge in [0.25, 0.3) is 0 Å². The first-order valence-corrected chi connectivity index (χ1v) is 31.4. The van der Waals surface area contributed by atoms with Crippen LogP contribution in [-0.4, -0.2) is 47.4 Å². The van der Waals surface area contributed by atoms with E-state index in [4.69, 9.17) is 4.74 Å². The normalized spacial score (nSPS) is 12.6. The summed E-state index contributed by atoms with van der Waals surface area (Å²) in [5, 5.41) is 23.3. The third-order valence-electron chi connectivity index (χ3n) is 14.8. The molecule has 0 aromatic carbocycles. The molecule has 0 spiro atoms. The van der Waals surface area contributed by atoms with Gasteiger partial charge in [-0.2, -0.15) is 0 Å². The van der Waals surface area contributed by atoms with Crippen LogP contribution in [0.2, 0.25) is 0 Å². The predicted molar refractivity (Wildman–Crippen MR) is 301 cm³/mol. The number of rotatable bonds is 59. The molecule has 0 fully saturated rings. The number of ether oxygens (including phenoxy) is 1. The highest BCUT2D eigenvalue weighted by Gasteiger charge is 2.20. The summed E-state index contributed by atoms with van der Waals surface area (Å²) in [4.78, 5) is 24.5. The molecule has 0 rings (SSSR count). The van der Waals surface area contributed by atoms with Gasteiger partial charge in [0.2, 0.25) is 5.91 Å². The lowest BCUT2D eigenvalue weighted by molar-refractivity contribution is -0.143. The highest BCUT2D eigenvalue weighted by atomic mass is 16.5. The van der Waals surface area contributed by atoms with Gasteiger partial charge in [0.1, 0.15) is 0 Å². The van der Waals surface area contributed by atoms with Crippen LogP contribution in [-0.2, 0) is 14.3 Å². The summed E-state index contributed by atoms with van der Waals surface area (Å²) in [6.45, 7) is 4.97. The summed E-state index contributed by atoms with van der Waals surface area (Å²) in [5.74, 6) is -0.0251. The van der Waals surface area contributed by atoms with Crippen LogP contribution in [0.15, 0.2) is 12.2 Å². The van der Waals surface area contributed by atoms with E-state index in [0.29, 0.717) is 25.9 Å². The number of nitrogens with one attached hydrogen (secondary N) is 1. The van der Waals surface area contributed by atoms with Crippen molar-refractivity contribution in [3.63, 3.8) is 0 Å². The average molecular weight is 975 g/mol. The van der Waals surface area contributed by atoms with Crippen molar-refractivity contribution < 1.29 is 24.5 Å². The molecular weight excluding hydrogens is 851 g/mol. The zero-order valence-corrected chi connectivity index (χ0v) is 46.8. The molecule has 2 atom stereocenters. The number of carbonyl (C=O) groups is 2. The smallest absolute Gasteiger partial charge is 0.305 e. The Morgan fingerprint density at radius 3 is 1.03 bits per heavy atom. The molecule has 0 saturated carbocycles. The number of carbonyl (C=O) groups excluding carboxylic acids is 2. The monoisotopic (exact) mass is 974 g/mol. The standard InChI is InChI=1S/C63H123NO5/c1-3-5-7-9-11-13-15-17-18-29-33-37-41-45-49-53-57-63(68)69-58-54-50-46-42-38-34-30-27-25-23-21-19-20-22-24-26-28-32-36-40-44-48-52-56-62(67)64-60(59-65)61(66)55-51-47-43-39-35-31-16-14-12-10-8-6-4-2/h18,29,60-61,65-66H,3-17,19-28,30-59H2,1-2H3,(H,64,67)/b29-18-. The Labute approximate surface area is 431 Å². The maximum atomic E-state index is 12.5. The second kappa shape index (κ2) is 59.2. The molecule has 0 aromatic heterocycles. The molecular formula is C63H123NO5. The number of hydrogen-bond donors (Lipinski definition) is 3. The van der Waals surface area contributed by atoms with Gasteiger partial charge in [-0.25, -0.2) is 0 Å². The van der Waals surface area contributed by atoms with Crippen LogP contribution in [0.4, 0.5) is 0 Å². The van der Waals surface area contributed by atoms with Crippen LogP contribution in [0.3, 0.4) is 0 Å². The maximum absolute atomic E-state index is 12.5. The summed E-state index contributed by atoms with van der Waals surface area (Å²) in [6, 6.07) is -0.539. The first-order chi connectivity index (χ1) is 34.0. The third kappa shape index (κ3) is 55.8. The van der Waals surface area contributed by atoms with Crippen LogP contribution in [0, 0.1) is 0 Å². The minimum atomic E-state index is -0.662. The zero-order chi connectivity index (χ0) is 50.0. The quantitative estimate of drug-likeness (QED) is 0.0321. The van der Waals surface area contributed by atoms with Crippen LogP contribution in [0.5, 0.6) is 0 Å². The molecule has 410 valence electrons. The van der Waals surface area contributed by atoms with E-state index in [1.807, 2.05) is 0 Å². The first-order valence-electron chi connectivity index (χ1n) is 31.4. The van der Waals surface area contributed by atoms with Gasteiger partial charge in [-0.15, -0.1) is 0 Å². The third-order valence-corrected chi connectivity index (χ3v) is 14.8. The molecule has 6 heteroatoms. The molecule has 1 amide bonds. The second-order valence-electron chi connectivity index (χ2n) is 21.7. The number of unbranched alkanes of at least 4 members (excludes halogenated alkanes) is 46. The van der Waals surface area contributed by atoms with E-state index < -0.39 is 12.1 Å². The molecule has 69 heavy (non-hydrogen) atoms. The van der Waals surface area contributed by atoms with Gasteiger partial charge in [0.15, 0.2) is 0 Å². The van der Waals surface area contributed by atoms with E-state index >= 15 is 0 Å². The van der Waals surface area contributed by atoms with E-state index in [1.54, 1.807) is 0 Å².